The molecule has 1 aromatic heterocycles. The van der Waals surface area contributed by atoms with Crippen LogP contribution in [0.25, 0.3) is 0 Å². The summed E-state index contributed by atoms with van der Waals surface area (Å²) in [6.07, 6.45) is 6.90. The Morgan fingerprint density at radius 1 is 1.10 bits per heavy atom. The van der Waals surface area contributed by atoms with Crippen LogP contribution in [-0.2, 0) is 6.54 Å². The monoisotopic (exact) mass is 363 g/mol. The Balaban J connectivity index is 1.74. The third kappa shape index (κ3) is 3.97. The maximum atomic E-state index is 3.83. The average molecular weight is 364 g/mol. The molecule has 1 saturated carbocycles. The van der Waals surface area contributed by atoms with Gasteiger partial charge in [0.2, 0.25) is 0 Å². The fourth-order valence-electron chi connectivity index (χ4n) is 3.34. The summed E-state index contributed by atoms with van der Waals surface area (Å²) in [6, 6.07) is 13.6. The molecule has 0 saturated heterocycles. The van der Waals surface area contributed by atoms with Crippen molar-refractivity contribution in [1.29, 1.82) is 0 Å². The molecule has 1 aliphatic rings. The van der Waals surface area contributed by atoms with Gasteiger partial charge in [-0.25, -0.2) is 0 Å². The summed E-state index contributed by atoms with van der Waals surface area (Å²) < 4.78 is 1.23. The summed E-state index contributed by atoms with van der Waals surface area (Å²) in [4.78, 5) is 1.40. The van der Waals surface area contributed by atoms with Crippen LogP contribution in [0.5, 0.6) is 0 Å². The van der Waals surface area contributed by atoms with E-state index in [0.29, 0.717) is 6.04 Å². The second-order valence-corrected chi connectivity index (χ2v) is 7.71. The SMILES string of the molecule is Brc1ccsc1CNC(c1ccccc1)C1CCCCC1. The van der Waals surface area contributed by atoms with E-state index >= 15 is 0 Å². The fraction of sp³-hybridized carbons (Fsp3) is 0.444. The van der Waals surface area contributed by atoms with Crippen LogP contribution in [-0.4, -0.2) is 0 Å². The van der Waals surface area contributed by atoms with Gasteiger partial charge in [0, 0.05) is 21.9 Å². The molecule has 112 valence electrons. The van der Waals surface area contributed by atoms with Crippen LogP contribution in [0.3, 0.4) is 0 Å². The van der Waals surface area contributed by atoms with E-state index in [1.165, 1.54) is 47.0 Å². The predicted octanol–water partition coefficient (Wildman–Crippen LogP) is 5.92. The molecular weight excluding hydrogens is 342 g/mol. The number of rotatable bonds is 5. The van der Waals surface area contributed by atoms with Gasteiger partial charge in [-0.3, -0.25) is 0 Å². The maximum absolute atomic E-state index is 3.83. The smallest absolute Gasteiger partial charge is 0.0351 e. The number of hydrogen-bond donors (Lipinski definition) is 1. The minimum Gasteiger partial charge on any atom is -0.305 e. The molecule has 1 nitrogen and oxygen atoms in total. The molecule has 1 unspecified atom stereocenters. The second kappa shape index (κ2) is 7.57. The molecule has 1 atom stereocenters. The lowest BCUT2D eigenvalue weighted by atomic mass is 9.81. The van der Waals surface area contributed by atoms with Gasteiger partial charge in [-0.15, -0.1) is 11.3 Å². The molecule has 0 amide bonds. The van der Waals surface area contributed by atoms with E-state index in [1.54, 1.807) is 0 Å². The van der Waals surface area contributed by atoms with Crippen LogP contribution in [0.1, 0.15) is 48.6 Å². The van der Waals surface area contributed by atoms with E-state index in [4.69, 9.17) is 0 Å². The lowest BCUT2D eigenvalue weighted by molar-refractivity contribution is 0.270. The summed E-state index contributed by atoms with van der Waals surface area (Å²) >= 11 is 5.46. The summed E-state index contributed by atoms with van der Waals surface area (Å²) in [5.74, 6) is 0.778. The van der Waals surface area contributed by atoms with Crippen molar-refractivity contribution in [2.45, 2.75) is 44.7 Å². The first kappa shape index (κ1) is 15.3. The lowest BCUT2D eigenvalue weighted by Crippen LogP contribution is -2.29. The quantitative estimate of drug-likeness (QED) is 0.694. The van der Waals surface area contributed by atoms with Crippen molar-refractivity contribution >= 4 is 27.3 Å². The van der Waals surface area contributed by atoms with E-state index in [1.807, 2.05) is 11.3 Å². The molecule has 1 aromatic carbocycles. The Kier molecular flexibility index (Phi) is 5.50. The Labute approximate surface area is 139 Å². The molecule has 2 aromatic rings. The largest absolute Gasteiger partial charge is 0.305 e. The summed E-state index contributed by atoms with van der Waals surface area (Å²) in [5, 5.41) is 5.98. The molecule has 0 aliphatic heterocycles. The minimum atomic E-state index is 0.487. The highest BCUT2D eigenvalue weighted by Gasteiger charge is 2.24. The van der Waals surface area contributed by atoms with Crippen LogP contribution in [0, 0.1) is 5.92 Å². The van der Waals surface area contributed by atoms with Crippen LogP contribution >= 0.6 is 27.3 Å². The number of hydrogen-bond acceptors (Lipinski definition) is 2. The number of benzene rings is 1. The number of nitrogens with one attached hydrogen (secondary N) is 1. The molecule has 1 heterocycles. The van der Waals surface area contributed by atoms with E-state index in [2.05, 4.69) is 63.0 Å². The number of halogens is 1. The summed E-state index contributed by atoms with van der Waals surface area (Å²) in [6.45, 7) is 0.953. The van der Waals surface area contributed by atoms with Gasteiger partial charge in [0.1, 0.15) is 0 Å². The van der Waals surface area contributed by atoms with Crippen molar-refractivity contribution < 1.29 is 0 Å². The van der Waals surface area contributed by atoms with Crippen molar-refractivity contribution in [2.24, 2.45) is 5.92 Å². The second-order valence-electron chi connectivity index (χ2n) is 5.86. The standard InChI is InChI=1S/C18H22BrNS/c19-16-11-12-21-17(16)13-20-18(14-7-3-1-4-8-14)15-9-5-2-6-10-15/h1,3-4,7-8,11-12,15,18,20H,2,5-6,9-10,13H2. The van der Waals surface area contributed by atoms with Crippen LogP contribution in [0.15, 0.2) is 46.3 Å². The van der Waals surface area contributed by atoms with Crippen molar-refractivity contribution in [1.82, 2.24) is 5.32 Å². The zero-order valence-electron chi connectivity index (χ0n) is 12.2. The van der Waals surface area contributed by atoms with Crippen molar-refractivity contribution in [3.8, 4) is 0 Å². The fourth-order valence-corrected chi connectivity index (χ4v) is 4.78. The van der Waals surface area contributed by atoms with Crippen LogP contribution < -0.4 is 5.32 Å². The van der Waals surface area contributed by atoms with Gasteiger partial charge in [0.15, 0.2) is 0 Å². The third-order valence-electron chi connectivity index (χ3n) is 4.45. The third-order valence-corrected chi connectivity index (χ3v) is 6.38. The van der Waals surface area contributed by atoms with Crippen molar-refractivity contribution in [3.63, 3.8) is 0 Å². The highest BCUT2D eigenvalue weighted by Crippen LogP contribution is 2.35. The first-order valence-electron chi connectivity index (χ1n) is 7.85. The first-order chi connectivity index (χ1) is 10.3. The lowest BCUT2D eigenvalue weighted by Gasteiger charge is -2.31. The highest BCUT2D eigenvalue weighted by atomic mass is 79.9. The van der Waals surface area contributed by atoms with Crippen molar-refractivity contribution in [3.05, 3.63) is 56.7 Å². The topological polar surface area (TPSA) is 12.0 Å². The maximum Gasteiger partial charge on any atom is 0.0351 e. The summed E-state index contributed by atoms with van der Waals surface area (Å²) in [5.41, 5.74) is 1.44. The minimum absolute atomic E-state index is 0.487. The molecule has 1 N–H and O–H groups in total. The van der Waals surface area contributed by atoms with Crippen molar-refractivity contribution in [2.75, 3.05) is 0 Å². The van der Waals surface area contributed by atoms with Gasteiger partial charge in [-0.1, -0.05) is 49.6 Å². The zero-order chi connectivity index (χ0) is 14.5. The van der Waals surface area contributed by atoms with Crippen LogP contribution in [0.2, 0.25) is 0 Å². The zero-order valence-corrected chi connectivity index (χ0v) is 14.6. The van der Waals surface area contributed by atoms with Gasteiger partial charge in [-0.2, -0.15) is 0 Å². The van der Waals surface area contributed by atoms with Gasteiger partial charge in [-0.05, 0) is 51.7 Å². The van der Waals surface area contributed by atoms with Gasteiger partial charge in [0.05, 0.1) is 0 Å². The van der Waals surface area contributed by atoms with Gasteiger partial charge in [0.25, 0.3) is 0 Å². The highest BCUT2D eigenvalue weighted by molar-refractivity contribution is 9.10. The van der Waals surface area contributed by atoms with E-state index in [-0.39, 0.29) is 0 Å². The average Bonchev–Trinajstić information content (AvgIpc) is 2.95. The molecule has 0 radical (unpaired) electrons. The molecule has 3 rings (SSSR count). The molecule has 0 spiro atoms. The molecule has 1 aliphatic carbocycles. The molecule has 0 bridgehead atoms. The van der Waals surface area contributed by atoms with E-state index in [9.17, 15) is 0 Å². The van der Waals surface area contributed by atoms with E-state index < -0.39 is 0 Å². The first-order valence-corrected chi connectivity index (χ1v) is 9.52. The predicted molar refractivity (Wildman–Crippen MR) is 94.6 cm³/mol. The molecule has 3 heteroatoms. The molecule has 21 heavy (non-hydrogen) atoms. The Bertz CT molecular complexity index is 545. The van der Waals surface area contributed by atoms with Gasteiger partial charge >= 0.3 is 0 Å². The molecule has 1 fully saturated rings. The van der Waals surface area contributed by atoms with E-state index in [0.717, 1.165) is 12.5 Å². The normalized spacial score (nSPS) is 17.8. The Hall–Kier alpha value is -0.640. The molecular formula is C18H22BrNS. The number of thiophene rings is 1. The van der Waals surface area contributed by atoms with Gasteiger partial charge < -0.3 is 5.32 Å². The van der Waals surface area contributed by atoms with Crippen LogP contribution in [0.4, 0.5) is 0 Å². The Morgan fingerprint density at radius 2 is 1.86 bits per heavy atom. The Morgan fingerprint density at radius 3 is 2.52 bits per heavy atom. The summed E-state index contributed by atoms with van der Waals surface area (Å²) in [7, 11) is 0.